The van der Waals surface area contributed by atoms with Gasteiger partial charge in [0, 0.05) is 18.6 Å². The summed E-state index contributed by atoms with van der Waals surface area (Å²) in [5.74, 6) is 0. The van der Waals surface area contributed by atoms with Crippen molar-refractivity contribution < 1.29 is 5.11 Å². The van der Waals surface area contributed by atoms with Crippen LogP contribution in [0, 0.1) is 11.3 Å². The van der Waals surface area contributed by atoms with E-state index in [1.165, 1.54) is 24.8 Å². The summed E-state index contributed by atoms with van der Waals surface area (Å²) in [5.41, 5.74) is 2.51. The predicted molar refractivity (Wildman–Crippen MR) is 110 cm³/mol. The molecule has 2 aromatic rings. The lowest BCUT2D eigenvalue weighted by Gasteiger charge is -2.52. The fourth-order valence-electron chi connectivity index (χ4n) is 5.50. The van der Waals surface area contributed by atoms with Crippen molar-refractivity contribution in [1.82, 2.24) is 4.90 Å². The average Bonchev–Trinajstić information content (AvgIpc) is 3.51. The van der Waals surface area contributed by atoms with Crippen LogP contribution in [0.4, 0.5) is 0 Å². The normalized spacial score (nSPS) is 31.1. The van der Waals surface area contributed by atoms with E-state index in [1.807, 2.05) is 0 Å². The first kappa shape index (κ1) is 17.9. The molecule has 1 saturated carbocycles. The Balaban J connectivity index is 1.37. The number of hydrogen-bond acceptors (Lipinski definition) is 3. The van der Waals surface area contributed by atoms with Crippen LogP contribution in [-0.4, -0.2) is 22.1 Å². The van der Waals surface area contributed by atoms with Crippen LogP contribution in [0.25, 0.3) is 0 Å². The smallest absolute Gasteiger partial charge is 0.0926 e. The standard InChI is InChI=1S/C25H28N2O/c26-18-24(13-14-24)20-9-11-21(12-10-20)25(28)15-22-7-4-8-23(16-25)27(22)17-19-5-2-1-3-6-19/h1-3,5-6,9-12,22-23,28H,4,7-8,13-17H2. The molecular weight excluding hydrogens is 344 g/mol. The predicted octanol–water partition coefficient (Wildman–Crippen LogP) is 4.65. The molecule has 2 atom stereocenters. The van der Waals surface area contributed by atoms with E-state index in [4.69, 9.17) is 0 Å². The van der Waals surface area contributed by atoms with Crippen LogP contribution < -0.4 is 0 Å². The van der Waals surface area contributed by atoms with Gasteiger partial charge in [0.15, 0.2) is 0 Å². The van der Waals surface area contributed by atoms with Crippen LogP contribution in [0.5, 0.6) is 0 Å². The van der Waals surface area contributed by atoms with Crippen LogP contribution in [0.3, 0.4) is 0 Å². The van der Waals surface area contributed by atoms with Crippen molar-refractivity contribution in [3.05, 3.63) is 71.3 Å². The Bertz CT molecular complexity index is 865. The first-order chi connectivity index (χ1) is 13.6. The maximum Gasteiger partial charge on any atom is 0.0926 e. The van der Waals surface area contributed by atoms with Gasteiger partial charge in [0.1, 0.15) is 0 Å². The third kappa shape index (κ3) is 3.05. The van der Waals surface area contributed by atoms with Crippen molar-refractivity contribution in [2.75, 3.05) is 0 Å². The molecule has 0 spiro atoms. The minimum absolute atomic E-state index is 0.253. The highest BCUT2D eigenvalue weighted by molar-refractivity contribution is 5.41. The number of fused-ring (bicyclic) bond motifs is 2. The van der Waals surface area contributed by atoms with Gasteiger partial charge < -0.3 is 5.11 Å². The SMILES string of the molecule is N#CC1(c2ccc(C3(O)CC4CCCC(C3)N4Cc3ccccc3)cc2)CC1. The molecule has 1 aliphatic carbocycles. The molecule has 0 aromatic heterocycles. The van der Waals surface area contributed by atoms with E-state index in [-0.39, 0.29) is 5.41 Å². The third-order valence-electron chi connectivity index (χ3n) is 7.31. The van der Waals surface area contributed by atoms with Gasteiger partial charge in [-0.05, 0) is 55.2 Å². The van der Waals surface area contributed by atoms with E-state index in [0.29, 0.717) is 12.1 Å². The lowest BCUT2D eigenvalue weighted by Crippen LogP contribution is -2.56. The molecule has 2 aliphatic heterocycles. The van der Waals surface area contributed by atoms with Crippen molar-refractivity contribution in [3.63, 3.8) is 0 Å². The summed E-state index contributed by atoms with van der Waals surface area (Å²) in [6.07, 6.45) is 7.14. The van der Waals surface area contributed by atoms with Crippen molar-refractivity contribution in [1.29, 1.82) is 5.26 Å². The van der Waals surface area contributed by atoms with E-state index in [9.17, 15) is 10.4 Å². The highest BCUT2D eigenvalue weighted by Crippen LogP contribution is 2.49. The molecule has 3 aliphatic rings. The Morgan fingerprint density at radius 2 is 1.54 bits per heavy atom. The molecule has 2 aromatic carbocycles. The maximum atomic E-state index is 11.6. The van der Waals surface area contributed by atoms with E-state index >= 15 is 0 Å². The van der Waals surface area contributed by atoms with Crippen LogP contribution in [0.1, 0.15) is 61.6 Å². The van der Waals surface area contributed by atoms with E-state index in [0.717, 1.165) is 43.4 Å². The number of piperidine rings is 2. The van der Waals surface area contributed by atoms with Crippen molar-refractivity contribution >= 4 is 0 Å². The zero-order chi connectivity index (χ0) is 19.2. The van der Waals surface area contributed by atoms with Crippen molar-refractivity contribution in [2.45, 2.75) is 74.6 Å². The number of benzene rings is 2. The van der Waals surface area contributed by atoms with Gasteiger partial charge in [-0.15, -0.1) is 0 Å². The summed E-state index contributed by atoms with van der Waals surface area (Å²) in [4.78, 5) is 2.64. The average molecular weight is 373 g/mol. The zero-order valence-electron chi connectivity index (χ0n) is 16.3. The Morgan fingerprint density at radius 3 is 2.11 bits per heavy atom. The van der Waals surface area contributed by atoms with Crippen LogP contribution in [-0.2, 0) is 17.6 Å². The quantitative estimate of drug-likeness (QED) is 0.850. The first-order valence-electron chi connectivity index (χ1n) is 10.7. The number of nitrogens with zero attached hydrogens (tertiary/aromatic N) is 2. The number of nitriles is 1. The lowest BCUT2D eigenvalue weighted by molar-refractivity contribution is -0.0999. The van der Waals surface area contributed by atoms with Gasteiger partial charge >= 0.3 is 0 Å². The fraction of sp³-hybridized carbons (Fsp3) is 0.480. The van der Waals surface area contributed by atoms with E-state index in [2.05, 4.69) is 65.6 Å². The third-order valence-corrected chi connectivity index (χ3v) is 7.31. The number of aliphatic hydroxyl groups is 1. The lowest BCUT2D eigenvalue weighted by atomic mass is 9.72. The van der Waals surface area contributed by atoms with Crippen LogP contribution in [0.2, 0.25) is 0 Å². The van der Waals surface area contributed by atoms with E-state index in [1.54, 1.807) is 0 Å². The highest BCUT2D eigenvalue weighted by atomic mass is 16.3. The molecule has 3 heteroatoms. The summed E-state index contributed by atoms with van der Waals surface area (Å²) >= 11 is 0. The Morgan fingerprint density at radius 1 is 0.929 bits per heavy atom. The first-order valence-corrected chi connectivity index (χ1v) is 10.7. The summed E-state index contributed by atoms with van der Waals surface area (Å²) < 4.78 is 0. The Hall–Kier alpha value is -2.15. The summed E-state index contributed by atoms with van der Waals surface area (Å²) in [6.45, 7) is 0.982. The van der Waals surface area contributed by atoms with Gasteiger partial charge in [-0.25, -0.2) is 0 Å². The molecule has 3 nitrogen and oxygen atoms in total. The van der Waals surface area contributed by atoms with Gasteiger partial charge in [-0.2, -0.15) is 5.26 Å². The van der Waals surface area contributed by atoms with Gasteiger partial charge in [-0.1, -0.05) is 61.0 Å². The van der Waals surface area contributed by atoms with Crippen LogP contribution in [0.15, 0.2) is 54.6 Å². The van der Waals surface area contributed by atoms with Gasteiger partial charge in [0.2, 0.25) is 0 Å². The molecule has 2 heterocycles. The van der Waals surface area contributed by atoms with Gasteiger partial charge in [0.05, 0.1) is 17.1 Å². The highest BCUT2D eigenvalue weighted by Gasteiger charge is 2.47. The molecule has 0 amide bonds. The molecule has 3 fully saturated rings. The van der Waals surface area contributed by atoms with Crippen LogP contribution >= 0.6 is 0 Å². The van der Waals surface area contributed by atoms with Gasteiger partial charge in [0.25, 0.3) is 0 Å². The van der Waals surface area contributed by atoms with Gasteiger partial charge in [-0.3, -0.25) is 4.90 Å². The molecule has 2 unspecified atom stereocenters. The van der Waals surface area contributed by atoms with Crippen molar-refractivity contribution in [3.8, 4) is 6.07 Å². The second-order valence-electron chi connectivity index (χ2n) is 9.11. The fourth-order valence-corrected chi connectivity index (χ4v) is 5.50. The van der Waals surface area contributed by atoms with Crippen molar-refractivity contribution in [2.24, 2.45) is 0 Å². The molecule has 0 radical (unpaired) electrons. The molecule has 5 rings (SSSR count). The molecule has 2 saturated heterocycles. The molecule has 1 N–H and O–H groups in total. The minimum Gasteiger partial charge on any atom is -0.385 e. The topological polar surface area (TPSA) is 47.3 Å². The molecule has 28 heavy (non-hydrogen) atoms. The summed E-state index contributed by atoms with van der Waals surface area (Å²) in [7, 11) is 0. The number of rotatable bonds is 4. The zero-order valence-corrected chi connectivity index (χ0v) is 16.3. The Kier molecular flexibility index (Phi) is 4.30. The summed E-state index contributed by atoms with van der Waals surface area (Å²) in [6, 6.07) is 22.4. The maximum absolute atomic E-state index is 11.6. The molecular formula is C25H28N2O. The Labute approximate surface area is 167 Å². The monoisotopic (exact) mass is 372 g/mol. The number of hydrogen-bond donors (Lipinski definition) is 1. The second-order valence-corrected chi connectivity index (χ2v) is 9.11. The molecule has 144 valence electrons. The minimum atomic E-state index is -0.745. The largest absolute Gasteiger partial charge is 0.385 e. The summed E-state index contributed by atoms with van der Waals surface area (Å²) in [5, 5.41) is 21.0. The molecule has 2 bridgehead atoms. The van der Waals surface area contributed by atoms with E-state index < -0.39 is 5.60 Å². The second kappa shape index (κ2) is 6.72.